The minimum Gasteiger partial charge on any atom is -0.392 e. The number of hydrogen-bond acceptors (Lipinski definition) is 3. The van der Waals surface area contributed by atoms with Gasteiger partial charge in [0.2, 0.25) is 0 Å². The molecule has 3 nitrogen and oxygen atoms in total. The zero-order valence-electron chi connectivity index (χ0n) is 7.75. The molecule has 0 unspecified atom stereocenters. The monoisotopic (exact) mass is 173 g/mol. The number of rotatable bonds is 5. The van der Waals surface area contributed by atoms with Crippen molar-refractivity contribution in [3.8, 4) is 0 Å². The van der Waals surface area contributed by atoms with Gasteiger partial charge in [-0.1, -0.05) is 0 Å². The van der Waals surface area contributed by atoms with Crippen LogP contribution >= 0.6 is 0 Å². The maximum atomic E-state index is 9.45. The SMILES string of the molecule is COCCCN[C@H]1CCC[C@@H]1O. The molecule has 0 aromatic rings. The van der Waals surface area contributed by atoms with Gasteiger partial charge in [0.1, 0.15) is 0 Å². The second-order valence-electron chi connectivity index (χ2n) is 3.41. The lowest BCUT2D eigenvalue weighted by Crippen LogP contribution is -2.36. The Hall–Kier alpha value is -0.120. The van der Waals surface area contributed by atoms with Crippen molar-refractivity contribution in [2.45, 2.75) is 37.8 Å². The quantitative estimate of drug-likeness (QED) is 0.596. The van der Waals surface area contributed by atoms with Gasteiger partial charge in [-0.05, 0) is 32.2 Å². The van der Waals surface area contributed by atoms with Crippen molar-refractivity contribution in [2.24, 2.45) is 0 Å². The standard InChI is InChI=1S/C9H19NO2/c1-12-7-3-6-10-8-4-2-5-9(8)11/h8-11H,2-7H2,1H3/t8-,9-/m0/s1. The van der Waals surface area contributed by atoms with Gasteiger partial charge in [0.25, 0.3) is 0 Å². The average Bonchev–Trinajstić information content (AvgIpc) is 2.46. The Kier molecular flexibility index (Phi) is 4.58. The fourth-order valence-corrected chi connectivity index (χ4v) is 1.68. The summed E-state index contributed by atoms with van der Waals surface area (Å²) in [7, 11) is 1.71. The lowest BCUT2D eigenvalue weighted by atomic mass is 10.2. The molecule has 0 aromatic carbocycles. The van der Waals surface area contributed by atoms with Gasteiger partial charge < -0.3 is 15.2 Å². The van der Waals surface area contributed by atoms with Crippen LogP contribution in [0, 0.1) is 0 Å². The molecular formula is C9H19NO2. The molecule has 72 valence electrons. The molecule has 0 spiro atoms. The highest BCUT2D eigenvalue weighted by atomic mass is 16.5. The Morgan fingerprint density at radius 3 is 2.92 bits per heavy atom. The molecule has 1 aliphatic carbocycles. The Balaban J connectivity index is 1.98. The molecule has 0 amide bonds. The first-order valence-electron chi connectivity index (χ1n) is 4.75. The number of nitrogens with one attached hydrogen (secondary N) is 1. The third-order valence-electron chi connectivity index (χ3n) is 2.41. The fraction of sp³-hybridized carbons (Fsp3) is 1.00. The van der Waals surface area contributed by atoms with Gasteiger partial charge in [0, 0.05) is 19.8 Å². The van der Waals surface area contributed by atoms with Crippen molar-refractivity contribution in [3.63, 3.8) is 0 Å². The summed E-state index contributed by atoms with van der Waals surface area (Å²) in [5, 5.41) is 12.8. The number of aliphatic hydroxyl groups excluding tert-OH is 1. The maximum absolute atomic E-state index is 9.45. The second-order valence-corrected chi connectivity index (χ2v) is 3.41. The van der Waals surface area contributed by atoms with Gasteiger partial charge in [-0.2, -0.15) is 0 Å². The molecule has 2 N–H and O–H groups in total. The number of hydrogen-bond donors (Lipinski definition) is 2. The van der Waals surface area contributed by atoms with E-state index in [1.807, 2.05) is 0 Å². The van der Waals surface area contributed by atoms with Crippen molar-refractivity contribution in [1.82, 2.24) is 5.32 Å². The maximum Gasteiger partial charge on any atom is 0.0693 e. The molecule has 0 aliphatic heterocycles. The van der Waals surface area contributed by atoms with Crippen LogP contribution < -0.4 is 5.32 Å². The Labute approximate surface area is 74.1 Å². The van der Waals surface area contributed by atoms with Gasteiger partial charge in [0.05, 0.1) is 6.10 Å². The van der Waals surface area contributed by atoms with Gasteiger partial charge >= 0.3 is 0 Å². The largest absolute Gasteiger partial charge is 0.392 e. The second kappa shape index (κ2) is 5.51. The number of aliphatic hydroxyl groups is 1. The molecule has 1 aliphatic rings. The number of ether oxygens (including phenoxy) is 1. The van der Waals surface area contributed by atoms with Crippen LogP contribution in [0.5, 0.6) is 0 Å². The van der Waals surface area contributed by atoms with E-state index in [1.165, 1.54) is 0 Å². The molecule has 1 fully saturated rings. The summed E-state index contributed by atoms with van der Waals surface area (Å²) in [5.41, 5.74) is 0. The van der Waals surface area contributed by atoms with E-state index in [0.717, 1.165) is 38.8 Å². The Morgan fingerprint density at radius 1 is 1.50 bits per heavy atom. The van der Waals surface area contributed by atoms with Crippen LogP contribution in [0.2, 0.25) is 0 Å². The molecule has 1 saturated carbocycles. The van der Waals surface area contributed by atoms with Crippen molar-refractivity contribution in [3.05, 3.63) is 0 Å². The first-order chi connectivity index (χ1) is 5.84. The third-order valence-corrected chi connectivity index (χ3v) is 2.41. The number of methoxy groups -OCH3 is 1. The van der Waals surface area contributed by atoms with E-state index in [0.29, 0.717) is 6.04 Å². The predicted octanol–water partition coefficient (Wildman–Crippen LogP) is 0.526. The smallest absolute Gasteiger partial charge is 0.0693 e. The van der Waals surface area contributed by atoms with Crippen LogP contribution in [0.3, 0.4) is 0 Å². The summed E-state index contributed by atoms with van der Waals surface area (Å²) in [6.45, 7) is 1.76. The van der Waals surface area contributed by atoms with Crippen LogP contribution in [0.4, 0.5) is 0 Å². The summed E-state index contributed by atoms with van der Waals surface area (Å²) in [4.78, 5) is 0. The summed E-state index contributed by atoms with van der Waals surface area (Å²) in [6.07, 6.45) is 4.14. The van der Waals surface area contributed by atoms with Crippen molar-refractivity contribution in [2.75, 3.05) is 20.3 Å². The predicted molar refractivity (Wildman–Crippen MR) is 48.1 cm³/mol. The topological polar surface area (TPSA) is 41.5 Å². The molecule has 2 atom stereocenters. The lowest BCUT2D eigenvalue weighted by Gasteiger charge is -2.15. The molecule has 1 rings (SSSR count). The highest BCUT2D eigenvalue weighted by molar-refractivity contribution is 4.82. The fourth-order valence-electron chi connectivity index (χ4n) is 1.68. The lowest BCUT2D eigenvalue weighted by molar-refractivity contribution is 0.145. The van der Waals surface area contributed by atoms with E-state index in [-0.39, 0.29) is 6.10 Å². The zero-order valence-corrected chi connectivity index (χ0v) is 7.75. The summed E-state index contributed by atoms with van der Waals surface area (Å²) in [5.74, 6) is 0. The van der Waals surface area contributed by atoms with Gasteiger partial charge in [-0.15, -0.1) is 0 Å². The van der Waals surface area contributed by atoms with E-state index >= 15 is 0 Å². The van der Waals surface area contributed by atoms with E-state index in [9.17, 15) is 5.11 Å². The first kappa shape index (κ1) is 9.96. The summed E-state index contributed by atoms with van der Waals surface area (Å²) >= 11 is 0. The van der Waals surface area contributed by atoms with Gasteiger partial charge in [0.15, 0.2) is 0 Å². The normalized spacial score (nSPS) is 29.5. The molecule has 0 heterocycles. The average molecular weight is 173 g/mol. The van der Waals surface area contributed by atoms with Crippen molar-refractivity contribution >= 4 is 0 Å². The van der Waals surface area contributed by atoms with Crippen LogP contribution in [0.25, 0.3) is 0 Å². The molecule has 0 aromatic heterocycles. The molecular weight excluding hydrogens is 154 g/mol. The Bertz CT molecular complexity index is 119. The molecule has 0 saturated heterocycles. The minimum atomic E-state index is -0.118. The van der Waals surface area contributed by atoms with Crippen LogP contribution in [-0.4, -0.2) is 37.5 Å². The summed E-state index contributed by atoms with van der Waals surface area (Å²) < 4.78 is 4.93. The van der Waals surface area contributed by atoms with Crippen LogP contribution in [-0.2, 0) is 4.74 Å². The van der Waals surface area contributed by atoms with E-state index < -0.39 is 0 Å². The van der Waals surface area contributed by atoms with Crippen LogP contribution in [0.1, 0.15) is 25.7 Å². The highest BCUT2D eigenvalue weighted by Gasteiger charge is 2.23. The summed E-state index contributed by atoms with van der Waals surface area (Å²) in [6, 6.07) is 0.335. The Morgan fingerprint density at radius 2 is 2.33 bits per heavy atom. The molecule has 0 bridgehead atoms. The molecule has 0 radical (unpaired) electrons. The van der Waals surface area contributed by atoms with Crippen molar-refractivity contribution < 1.29 is 9.84 Å². The zero-order chi connectivity index (χ0) is 8.81. The van der Waals surface area contributed by atoms with Crippen molar-refractivity contribution in [1.29, 1.82) is 0 Å². The first-order valence-corrected chi connectivity index (χ1v) is 4.75. The van der Waals surface area contributed by atoms with Crippen LogP contribution in [0.15, 0.2) is 0 Å². The van der Waals surface area contributed by atoms with E-state index in [2.05, 4.69) is 5.32 Å². The van der Waals surface area contributed by atoms with Gasteiger partial charge in [-0.25, -0.2) is 0 Å². The third kappa shape index (κ3) is 3.09. The highest BCUT2D eigenvalue weighted by Crippen LogP contribution is 2.18. The molecule has 12 heavy (non-hydrogen) atoms. The van der Waals surface area contributed by atoms with Gasteiger partial charge in [-0.3, -0.25) is 0 Å². The minimum absolute atomic E-state index is 0.118. The molecule has 3 heteroatoms. The van der Waals surface area contributed by atoms with E-state index in [4.69, 9.17) is 4.74 Å². The van der Waals surface area contributed by atoms with E-state index in [1.54, 1.807) is 7.11 Å².